The van der Waals surface area contributed by atoms with Crippen LogP contribution < -0.4 is 10.6 Å². The van der Waals surface area contributed by atoms with Gasteiger partial charge in [-0.2, -0.15) is 11.8 Å². The number of carbonyl (C=O) groups excluding carboxylic acids is 2. The molecule has 2 rings (SSSR count). The first kappa shape index (κ1) is 16.9. The first-order chi connectivity index (χ1) is 10.7. The summed E-state index contributed by atoms with van der Waals surface area (Å²) in [4.78, 5) is 23.8. The summed E-state index contributed by atoms with van der Waals surface area (Å²) < 4.78 is 0. The smallest absolute Gasteiger partial charge is 0.242 e. The first-order valence-electron chi connectivity index (χ1n) is 7.86. The van der Waals surface area contributed by atoms with Crippen molar-refractivity contribution < 1.29 is 9.59 Å². The van der Waals surface area contributed by atoms with Crippen LogP contribution in [-0.4, -0.2) is 35.9 Å². The molecule has 1 heterocycles. The second-order valence-electron chi connectivity index (χ2n) is 5.73. The molecule has 1 aromatic rings. The average molecular weight is 320 g/mol. The molecule has 1 saturated heterocycles. The van der Waals surface area contributed by atoms with E-state index in [4.69, 9.17) is 0 Å². The lowest BCUT2D eigenvalue weighted by atomic mass is 10.0. The van der Waals surface area contributed by atoms with Crippen molar-refractivity contribution >= 4 is 23.6 Å². The fraction of sp³-hybridized carbons (Fsp3) is 0.529. The third kappa shape index (κ3) is 5.37. The molecule has 1 fully saturated rings. The van der Waals surface area contributed by atoms with Crippen LogP contribution in [0.1, 0.15) is 37.7 Å². The summed E-state index contributed by atoms with van der Waals surface area (Å²) in [6, 6.07) is 9.95. The van der Waals surface area contributed by atoms with Crippen molar-refractivity contribution in [3.8, 4) is 0 Å². The van der Waals surface area contributed by atoms with Crippen LogP contribution in [0.25, 0.3) is 0 Å². The first-order valence-corrected chi connectivity index (χ1v) is 9.02. The number of rotatable bonds is 6. The molecule has 0 spiro atoms. The van der Waals surface area contributed by atoms with Crippen LogP contribution in [-0.2, 0) is 9.59 Å². The Balaban J connectivity index is 1.70. The zero-order chi connectivity index (χ0) is 15.8. The van der Waals surface area contributed by atoms with Gasteiger partial charge in [0.15, 0.2) is 0 Å². The number of thioether (sulfide) groups is 1. The molecule has 0 bridgehead atoms. The molecular weight excluding hydrogens is 296 g/mol. The van der Waals surface area contributed by atoms with E-state index in [1.807, 2.05) is 18.2 Å². The number of hydrogen-bond acceptors (Lipinski definition) is 3. The number of benzene rings is 1. The van der Waals surface area contributed by atoms with Gasteiger partial charge in [0.05, 0.1) is 5.75 Å². The zero-order valence-corrected chi connectivity index (χ0v) is 13.8. The van der Waals surface area contributed by atoms with Gasteiger partial charge >= 0.3 is 0 Å². The molecule has 0 unspecified atom stereocenters. The Bertz CT molecular complexity index is 493. The van der Waals surface area contributed by atoms with Gasteiger partial charge in [0.1, 0.15) is 6.04 Å². The molecule has 5 heteroatoms. The summed E-state index contributed by atoms with van der Waals surface area (Å²) in [5.74, 6) is 1.62. The van der Waals surface area contributed by atoms with Gasteiger partial charge in [-0.15, -0.1) is 0 Å². The van der Waals surface area contributed by atoms with Gasteiger partial charge in [-0.3, -0.25) is 9.59 Å². The molecule has 1 aliphatic rings. The van der Waals surface area contributed by atoms with Gasteiger partial charge in [-0.1, -0.05) is 37.3 Å². The maximum Gasteiger partial charge on any atom is 0.242 e. The fourth-order valence-corrected chi connectivity index (χ4v) is 3.45. The van der Waals surface area contributed by atoms with Crippen molar-refractivity contribution in [1.82, 2.24) is 10.6 Å². The highest BCUT2D eigenvalue weighted by molar-refractivity contribution is 7.99. The van der Waals surface area contributed by atoms with Crippen molar-refractivity contribution in [3.05, 3.63) is 35.9 Å². The van der Waals surface area contributed by atoms with Crippen molar-refractivity contribution in [2.24, 2.45) is 0 Å². The zero-order valence-electron chi connectivity index (χ0n) is 13.0. The van der Waals surface area contributed by atoms with Crippen molar-refractivity contribution in [2.45, 2.75) is 38.1 Å². The van der Waals surface area contributed by atoms with Crippen LogP contribution in [0.5, 0.6) is 0 Å². The van der Waals surface area contributed by atoms with Crippen LogP contribution in [0.2, 0.25) is 0 Å². The molecular formula is C17H24N2O2S. The predicted octanol–water partition coefficient (Wildman–Crippen LogP) is 2.31. The Hall–Kier alpha value is -1.49. The fourth-order valence-electron chi connectivity index (χ4n) is 2.52. The SMILES string of the molecule is C[C@H](CSCC(=O)N[C@@H]1CCCCNC1=O)c1ccccc1. The van der Waals surface area contributed by atoms with E-state index in [1.165, 1.54) is 5.56 Å². The highest BCUT2D eigenvalue weighted by Crippen LogP contribution is 2.19. The van der Waals surface area contributed by atoms with Crippen LogP contribution >= 0.6 is 11.8 Å². The van der Waals surface area contributed by atoms with Crippen LogP contribution in [0.4, 0.5) is 0 Å². The summed E-state index contributed by atoms with van der Waals surface area (Å²) in [6.07, 6.45) is 2.70. The Labute approximate surface area is 136 Å². The Morgan fingerprint density at radius 3 is 2.91 bits per heavy atom. The lowest BCUT2D eigenvalue weighted by Gasteiger charge is -2.16. The van der Waals surface area contributed by atoms with Gasteiger partial charge in [0, 0.05) is 12.3 Å². The molecule has 0 aliphatic carbocycles. The summed E-state index contributed by atoms with van der Waals surface area (Å²) in [7, 11) is 0. The molecule has 2 N–H and O–H groups in total. The maximum atomic E-state index is 12.0. The molecule has 2 atom stereocenters. The van der Waals surface area contributed by atoms with Gasteiger partial charge in [-0.05, 0) is 30.7 Å². The highest BCUT2D eigenvalue weighted by Gasteiger charge is 2.22. The highest BCUT2D eigenvalue weighted by atomic mass is 32.2. The molecule has 1 aromatic carbocycles. The lowest BCUT2D eigenvalue weighted by Crippen LogP contribution is -2.46. The molecule has 0 radical (unpaired) electrons. The molecule has 4 nitrogen and oxygen atoms in total. The van der Waals surface area contributed by atoms with Crippen LogP contribution in [0.3, 0.4) is 0 Å². The quantitative estimate of drug-likeness (QED) is 0.845. The molecule has 22 heavy (non-hydrogen) atoms. The van der Waals surface area contributed by atoms with E-state index < -0.39 is 0 Å². The number of amides is 2. The van der Waals surface area contributed by atoms with Crippen molar-refractivity contribution in [1.29, 1.82) is 0 Å². The monoisotopic (exact) mass is 320 g/mol. The standard InChI is InChI=1S/C17H24N2O2S/c1-13(14-7-3-2-4-8-14)11-22-12-16(20)19-15-9-5-6-10-18-17(15)21/h2-4,7-8,13,15H,5-6,9-12H2,1H3,(H,18,21)(H,19,20)/t13-,15-/m1/s1. The second kappa shape index (κ2) is 8.83. The third-order valence-corrected chi connectivity index (χ3v) is 5.04. The number of hydrogen-bond donors (Lipinski definition) is 2. The largest absolute Gasteiger partial charge is 0.354 e. The van der Waals surface area contributed by atoms with Crippen LogP contribution in [0.15, 0.2) is 30.3 Å². The topological polar surface area (TPSA) is 58.2 Å². The predicted molar refractivity (Wildman–Crippen MR) is 91.0 cm³/mol. The Morgan fingerprint density at radius 1 is 1.36 bits per heavy atom. The minimum absolute atomic E-state index is 0.0477. The average Bonchev–Trinajstić information content (AvgIpc) is 2.73. The van der Waals surface area contributed by atoms with Crippen LogP contribution in [0, 0.1) is 0 Å². The van der Waals surface area contributed by atoms with Gasteiger partial charge in [0.25, 0.3) is 0 Å². The van der Waals surface area contributed by atoms with E-state index in [2.05, 4.69) is 29.7 Å². The minimum Gasteiger partial charge on any atom is -0.354 e. The molecule has 0 saturated carbocycles. The van der Waals surface area contributed by atoms with Crippen molar-refractivity contribution in [2.75, 3.05) is 18.1 Å². The number of carbonyl (C=O) groups is 2. The summed E-state index contributed by atoms with van der Waals surface area (Å²) in [6.45, 7) is 2.88. The lowest BCUT2D eigenvalue weighted by molar-refractivity contribution is -0.127. The van der Waals surface area contributed by atoms with E-state index in [9.17, 15) is 9.59 Å². The second-order valence-corrected chi connectivity index (χ2v) is 6.76. The van der Waals surface area contributed by atoms with E-state index in [1.54, 1.807) is 11.8 Å². The molecule has 120 valence electrons. The number of nitrogens with one attached hydrogen (secondary N) is 2. The van der Waals surface area contributed by atoms with E-state index in [0.29, 0.717) is 18.2 Å². The Kier molecular flexibility index (Phi) is 6.77. The van der Waals surface area contributed by atoms with Gasteiger partial charge in [0.2, 0.25) is 11.8 Å². The van der Waals surface area contributed by atoms with E-state index in [-0.39, 0.29) is 17.9 Å². The summed E-state index contributed by atoms with van der Waals surface area (Å²) in [5, 5.41) is 5.69. The maximum absolute atomic E-state index is 12.0. The Morgan fingerprint density at radius 2 is 2.14 bits per heavy atom. The molecule has 2 amide bonds. The summed E-state index contributed by atoms with van der Waals surface area (Å²) in [5.41, 5.74) is 1.29. The van der Waals surface area contributed by atoms with E-state index >= 15 is 0 Å². The normalized spacial score (nSPS) is 19.9. The van der Waals surface area contributed by atoms with Gasteiger partial charge in [-0.25, -0.2) is 0 Å². The molecule has 0 aromatic heterocycles. The van der Waals surface area contributed by atoms with Crippen molar-refractivity contribution in [3.63, 3.8) is 0 Å². The van der Waals surface area contributed by atoms with Gasteiger partial charge < -0.3 is 10.6 Å². The minimum atomic E-state index is -0.359. The summed E-state index contributed by atoms with van der Waals surface area (Å²) >= 11 is 1.62. The third-order valence-electron chi connectivity index (χ3n) is 3.84. The molecule has 1 aliphatic heterocycles. The van der Waals surface area contributed by atoms with E-state index in [0.717, 1.165) is 25.0 Å².